The second kappa shape index (κ2) is 13.7. The number of benzene rings is 4. The van der Waals surface area contributed by atoms with E-state index in [9.17, 15) is 28.8 Å². The Morgan fingerprint density at radius 2 is 0.745 bits per heavy atom. The van der Waals surface area contributed by atoms with Crippen LogP contribution in [0.1, 0.15) is 20.7 Å². The van der Waals surface area contributed by atoms with E-state index in [0.29, 0.717) is 22.5 Å². The Morgan fingerprint density at radius 1 is 0.451 bits per heavy atom. The molecule has 13 heteroatoms. The molecule has 0 aliphatic carbocycles. The van der Waals surface area contributed by atoms with Crippen molar-refractivity contribution in [2.24, 2.45) is 0 Å². The van der Waals surface area contributed by atoms with Gasteiger partial charge in [-0.3, -0.25) is 19.2 Å². The summed E-state index contributed by atoms with van der Waals surface area (Å²) in [5.74, 6) is -2.29. The number of carbonyl (C=O) groups is 6. The minimum absolute atomic E-state index is 0.270. The molecule has 2 aliphatic heterocycles. The smallest absolute Gasteiger partial charge is 0.343 e. The highest BCUT2D eigenvalue weighted by Crippen LogP contribution is 2.25. The van der Waals surface area contributed by atoms with E-state index in [1.54, 1.807) is 24.3 Å². The Morgan fingerprint density at radius 3 is 1.04 bits per heavy atom. The number of hydrogen-bond acceptors (Lipinski definition) is 9. The van der Waals surface area contributed by atoms with Gasteiger partial charge in [0.15, 0.2) is 0 Å². The Hall–Kier alpha value is -6.03. The molecule has 0 bridgehead atoms. The summed E-state index contributed by atoms with van der Waals surface area (Å²) in [6.45, 7) is 8.35. The summed E-state index contributed by atoms with van der Waals surface area (Å²) < 4.78 is 17.9. The standard InChI is InChI=1S/C38H32N2O9Si2/c1-50(2,31-17-5-25(6-18-31)37(45)47-29-13-9-27(10-14-29)39-33(41)21-22-34(39)42)49-51(3,4)32-19-7-26(8-20-32)38(46)48-30-15-11-28(12-16-30)40-35(43)23-24-36(40)44/h5-24H,1-4H3. The van der Waals surface area contributed by atoms with Crippen molar-refractivity contribution in [3.05, 3.63) is 132 Å². The molecule has 6 rings (SSSR count). The van der Waals surface area contributed by atoms with E-state index in [0.717, 1.165) is 20.2 Å². The lowest BCUT2D eigenvalue weighted by atomic mass is 10.2. The molecule has 4 aromatic rings. The van der Waals surface area contributed by atoms with Gasteiger partial charge < -0.3 is 13.6 Å². The first-order chi connectivity index (χ1) is 24.2. The zero-order valence-corrected chi connectivity index (χ0v) is 30.1. The van der Waals surface area contributed by atoms with Crippen LogP contribution in [0.25, 0.3) is 0 Å². The van der Waals surface area contributed by atoms with Crippen molar-refractivity contribution in [2.45, 2.75) is 26.2 Å². The maximum Gasteiger partial charge on any atom is 0.343 e. The third kappa shape index (κ3) is 7.45. The van der Waals surface area contributed by atoms with E-state index in [4.69, 9.17) is 13.6 Å². The molecule has 0 radical (unpaired) electrons. The number of esters is 2. The largest absolute Gasteiger partial charge is 0.449 e. The van der Waals surface area contributed by atoms with E-state index in [1.807, 2.05) is 24.3 Å². The molecule has 0 N–H and O–H groups in total. The molecule has 4 amide bonds. The topological polar surface area (TPSA) is 137 Å². The van der Waals surface area contributed by atoms with Crippen LogP contribution in [-0.4, -0.2) is 52.2 Å². The van der Waals surface area contributed by atoms with E-state index < -0.39 is 52.2 Å². The summed E-state index contributed by atoms with van der Waals surface area (Å²) in [4.78, 5) is 75.5. The zero-order chi connectivity index (χ0) is 36.5. The quantitative estimate of drug-likeness (QED) is 0.100. The molecule has 4 aromatic carbocycles. The van der Waals surface area contributed by atoms with E-state index >= 15 is 0 Å². The third-order valence-corrected chi connectivity index (χ3v) is 15.9. The Bertz CT molecular complexity index is 1930. The van der Waals surface area contributed by atoms with E-state index in [1.165, 1.54) is 72.8 Å². The Kier molecular flexibility index (Phi) is 9.36. The summed E-state index contributed by atoms with van der Waals surface area (Å²) >= 11 is 0. The van der Waals surface area contributed by atoms with Crippen LogP contribution < -0.4 is 29.6 Å². The lowest BCUT2D eigenvalue weighted by molar-refractivity contribution is -0.121. The maximum atomic E-state index is 12.9. The van der Waals surface area contributed by atoms with Gasteiger partial charge in [0.25, 0.3) is 23.6 Å². The average molecular weight is 717 g/mol. The van der Waals surface area contributed by atoms with Gasteiger partial charge in [0.2, 0.25) is 16.6 Å². The number of nitrogens with zero attached hydrogens (tertiary/aromatic N) is 2. The summed E-state index contributed by atoms with van der Waals surface area (Å²) in [6, 6.07) is 26.5. The van der Waals surface area contributed by atoms with Crippen molar-refractivity contribution in [3.8, 4) is 11.5 Å². The second-order valence-electron chi connectivity index (χ2n) is 12.7. The molecule has 0 unspecified atom stereocenters. The van der Waals surface area contributed by atoms with Gasteiger partial charge in [-0.15, -0.1) is 0 Å². The fraction of sp³-hybridized carbons (Fsp3) is 0.105. The monoisotopic (exact) mass is 716 g/mol. The number of rotatable bonds is 10. The van der Waals surface area contributed by atoms with Crippen LogP contribution in [0, 0.1) is 0 Å². The lowest BCUT2D eigenvalue weighted by Crippen LogP contribution is -2.57. The highest BCUT2D eigenvalue weighted by Gasteiger charge is 2.36. The lowest BCUT2D eigenvalue weighted by Gasteiger charge is -2.34. The van der Waals surface area contributed by atoms with Gasteiger partial charge in [0.1, 0.15) is 11.5 Å². The van der Waals surface area contributed by atoms with Gasteiger partial charge in [-0.25, -0.2) is 19.4 Å². The number of ether oxygens (including phenoxy) is 2. The number of carbonyl (C=O) groups excluding carboxylic acids is 6. The van der Waals surface area contributed by atoms with Crippen molar-refractivity contribution in [1.82, 2.24) is 0 Å². The molecular weight excluding hydrogens is 685 g/mol. The molecule has 0 atom stereocenters. The van der Waals surface area contributed by atoms with Gasteiger partial charge in [0.05, 0.1) is 22.5 Å². The average Bonchev–Trinajstić information content (AvgIpc) is 3.63. The van der Waals surface area contributed by atoms with Crippen molar-refractivity contribution < 1.29 is 42.4 Å². The first kappa shape index (κ1) is 34.8. The van der Waals surface area contributed by atoms with Crippen LogP contribution in [0.3, 0.4) is 0 Å². The third-order valence-electron chi connectivity index (χ3n) is 8.37. The predicted octanol–water partition coefficient (Wildman–Crippen LogP) is 4.52. The Balaban J connectivity index is 1.05. The predicted molar refractivity (Wildman–Crippen MR) is 194 cm³/mol. The SMILES string of the molecule is C[Si](C)(O[Si](C)(C)c1ccc(C(=O)Oc2ccc(N3C(=O)C=CC3=O)cc2)cc1)c1ccc(C(=O)Oc2ccc(N3C(=O)C=CC3=O)cc2)cc1. The zero-order valence-electron chi connectivity index (χ0n) is 28.1. The minimum Gasteiger partial charge on any atom is -0.449 e. The van der Waals surface area contributed by atoms with Gasteiger partial charge in [-0.2, -0.15) is 0 Å². The summed E-state index contributed by atoms with van der Waals surface area (Å²) in [6.07, 6.45) is 4.80. The number of imide groups is 2. The minimum atomic E-state index is -2.47. The van der Waals surface area contributed by atoms with Crippen LogP contribution in [-0.2, 0) is 23.3 Å². The summed E-state index contributed by atoms with van der Waals surface area (Å²) in [5.41, 5.74) is 1.47. The van der Waals surface area contributed by atoms with Crippen LogP contribution in [0.2, 0.25) is 26.2 Å². The summed E-state index contributed by atoms with van der Waals surface area (Å²) in [5, 5.41) is 1.97. The van der Waals surface area contributed by atoms with Crippen molar-refractivity contribution in [1.29, 1.82) is 0 Å². The number of anilines is 2. The van der Waals surface area contributed by atoms with Gasteiger partial charge in [-0.05, 0) is 109 Å². The molecular formula is C38H32N2O9Si2. The number of hydrogen-bond donors (Lipinski definition) is 0. The molecule has 0 fully saturated rings. The van der Waals surface area contributed by atoms with Crippen molar-refractivity contribution >= 4 is 74.0 Å². The molecule has 2 aliphatic rings. The van der Waals surface area contributed by atoms with Crippen molar-refractivity contribution in [3.63, 3.8) is 0 Å². The summed E-state index contributed by atoms with van der Waals surface area (Å²) in [7, 11) is -4.93. The Labute approximate surface area is 295 Å². The molecule has 0 saturated heterocycles. The molecule has 0 saturated carbocycles. The first-order valence-electron chi connectivity index (χ1n) is 15.9. The van der Waals surface area contributed by atoms with Crippen LogP contribution >= 0.6 is 0 Å². The van der Waals surface area contributed by atoms with Crippen LogP contribution in [0.5, 0.6) is 11.5 Å². The van der Waals surface area contributed by atoms with Crippen molar-refractivity contribution in [2.75, 3.05) is 9.80 Å². The fourth-order valence-electron chi connectivity index (χ4n) is 5.74. The normalized spacial score (nSPS) is 14.4. The van der Waals surface area contributed by atoms with Crippen LogP contribution in [0.4, 0.5) is 11.4 Å². The fourth-order valence-corrected chi connectivity index (χ4v) is 13.7. The molecule has 51 heavy (non-hydrogen) atoms. The van der Waals surface area contributed by atoms with E-state index in [-0.39, 0.29) is 11.5 Å². The molecule has 0 spiro atoms. The molecule has 256 valence electrons. The highest BCUT2D eigenvalue weighted by atomic mass is 28.4. The van der Waals surface area contributed by atoms with Gasteiger partial charge in [-0.1, -0.05) is 24.3 Å². The second-order valence-corrected chi connectivity index (χ2v) is 20.7. The first-order valence-corrected chi connectivity index (χ1v) is 21.7. The molecule has 2 heterocycles. The number of amides is 4. The van der Waals surface area contributed by atoms with Gasteiger partial charge >= 0.3 is 11.9 Å². The highest BCUT2D eigenvalue weighted by molar-refractivity contribution is 6.96. The molecule has 11 nitrogen and oxygen atoms in total. The molecule has 0 aromatic heterocycles. The van der Waals surface area contributed by atoms with E-state index in [2.05, 4.69) is 26.2 Å². The van der Waals surface area contributed by atoms with Gasteiger partial charge in [0, 0.05) is 24.3 Å². The van der Waals surface area contributed by atoms with Crippen LogP contribution in [0.15, 0.2) is 121 Å². The maximum absolute atomic E-state index is 12.9.